The van der Waals surface area contributed by atoms with Crippen LogP contribution in [0.4, 0.5) is 4.39 Å². The molecular weight excluding hydrogens is 287 g/mol. The molecule has 0 aromatic heterocycles. The highest BCUT2D eigenvalue weighted by Gasteiger charge is 2.30. The Balaban J connectivity index is 3.48. The van der Waals surface area contributed by atoms with Crippen molar-refractivity contribution in [2.75, 3.05) is 13.4 Å². The van der Waals surface area contributed by atoms with Crippen molar-refractivity contribution in [3.05, 3.63) is 23.5 Å². The molecule has 7 heteroatoms. The minimum atomic E-state index is -3.68. The average molecular weight is 304 g/mol. The second kappa shape index (κ2) is 5.40. The van der Waals surface area contributed by atoms with Gasteiger partial charge in [-0.05, 0) is 38.0 Å². The SMILES string of the molecule is COc1c(CC(C)(C)C(=O)O)cc(F)cc1S(C)(=O)=O. The van der Waals surface area contributed by atoms with Crippen molar-refractivity contribution < 1.29 is 27.4 Å². The third-order valence-electron chi connectivity index (χ3n) is 2.91. The summed E-state index contributed by atoms with van der Waals surface area (Å²) in [5.74, 6) is -1.82. The van der Waals surface area contributed by atoms with Crippen LogP contribution in [0.25, 0.3) is 0 Å². The van der Waals surface area contributed by atoms with Crippen molar-refractivity contribution >= 4 is 15.8 Å². The molecule has 0 fully saturated rings. The minimum absolute atomic E-state index is 0.0109. The van der Waals surface area contributed by atoms with E-state index in [1.165, 1.54) is 21.0 Å². The molecule has 0 amide bonds. The van der Waals surface area contributed by atoms with Crippen LogP contribution in [0, 0.1) is 11.2 Å². The second-order valence-electron chi connectivity index (χ2n) is 5.23. The van der Waals surface area contributed by atoms with Gasteiger partial charge in [0.15, 0.2) is 9.84 Å². The molecule has 0 spiro atoms. The van der Waals surface area contributed by atoms with Crippen LogP contribution in [0.15, 0.2) is 17.0 Å². The molecule has 1 aromatic carbocycles. The molecule has 0 atom stereocenters. The van der Waals surface area contributed by atoms with E-state index in [2.05, 4.69) is 0 Å². The van der Waals surface area contributed by atoms with Gasteiger partial charge >= 0.3 is 5.97 Å². The summed E-state index contributed by atoms with van der Waals surface area (Å²) in [6.07, 6.45) is 0.891. The first-order valence-corrected chi connectivity index (χ1v) is 7.68. The highest BCUT2D eigenvalue weighted by atomic mass is 32.2. The Morgan fingerprint density at radius 1 is 1.40 bits per heavy atom. The van der Waals surface area contributed by atoms with Crippen molar-refractivity contribution in [1.29, 1.82) is 0 Å². The standard InChI is InChI=1S/C13H17FO5S/c1-13(2,12(15)16)7-8-5-9(14)6-10(11(8)19-3)20(4,17)18/h5-6H,7H2,1-4H3,(H,15,16). The zero-order valence-corrected chi connectivity index (χ0v) is 12.5. The molecule has 1 rings (SSSR count). The van der Waals surface area contributed by atoms with Crippen LogP contribution in [0.2, 0.25) is 0 Å². The molecule has 0 heterocycles. The van der Waals surface area contributed by atoms with E-state index < -0.39 is 27.0 Å². The maximum absolute atomic E-state index is 13.6. The van der Waals surface area contributed by atoms with Crippen LogP contribution < -0.4 is 4.74 Å². The van der Waals surface area contributed by atoms with Gasteiger partial charge in [-0.3, -0.25) is 4.79 Å². The first kappa shape index (κ1) is 16.4. The Bertz CT molecular complexity index is 634. The molecule has 1 aromatic rings. The van der Waals surface area contributed by atoms with Crippen LogP contribution in [0.3, 0.4) is 0 Å². The summed E-state index contributed by atoms with van der Waals surface area (Å²) in [6, 6.07) is 1.96. The van der Waals surface area contributed by atoms with Crippen LogP contribution in [0.1, 0.15) is 19.4 Å². The van der Waals surface area contributed by atoms with Crippen LogP contribution in [-0.4, -0.2) is 32.9 Å². The molecule has 0 unspecified atom stereocenters. The second-order valence-corrected chi connectivity index (χ2v) is 7.22. The van der Waals surface area contributed by atoms with E-state index in [9.17, 15) is 17.6 Å². The van der Waals surface area contributed by atoms with Crippen molar-refractivity contribution in [2.45, 2.75) is 25.2 Å². The normalized spacial score (nSPS) is 12.2. The van der Waals surface area contributed by atoms with Gasteiger partial charge in [0.25, 0.3) is 0 Å². The lowest BCUT2D eigenvalue weighted by molar-refractivity contribution is -0.146. The maximum Gasteiger partial charge on any atom is 0.309 e. The first-order valence-electron chi connectivity index (χ1n) is 5.79. The molecule has 0 bridgehead atoms. The molecule has 0 saturated heterocycles. The molecule has 0 saturated carbocycles. The molecule has 0 aliphatic carbocycles. The number of halogens is 1. The van der Waals surface area contributed by atoms with Crippen molar-refractivity contribution in [3.8, 4) is 5.75 Å². The molecule has 1 N–H and O–H groups in total. The minimum Gasteiger partial charge on any atom is -0.495 e. The summed E-state index contributed by atoms with van der Waals surface area (Å²) < 4.78 is 41.9. The van der Waals surface area contributed by atoms with E-state index >= 15 is 0 Å². The predicted molar refractivity (Wildman–Crippen MR) is 71.2 cm³/mol. The van der Waals surface area contributed by atoms with E-state index in [4.69, 9.17) is 9.84 Å². The highest BCUT2D eigenvalue weighted by molar-refractivity contribution is 7.90. The molecule has 0 aliphatic rings. The van der Waals surface area contributed by atoms with Gasteiger partial charge in [0, 0.05) is 6.26 Å². The molecule has 112 valence electrons. The Kier molecular flexibility index (Phi) is 4.43. The van der Waals surface area contributed by atoms with Gasteiger partial charge in [0.2, 0.25) is 0 Å². The number of ether oxygens (including phenoxy) is 1. The van der Waals surface area contributed by atoms with E-state index in [1.807, 2.05) is 0 Å². The Morgan fingerprint density at radius 2 is 1.95 bits per heavy atom. The maximum atomic E-state index is 13.6. The summed E-state index contributed by atoms with van der Waals surface area (Å²) in [5.41, 5.74) is -0.962. The third-order valence-corrected chi connectivity index (χ3v) is 4.01. The molecule has 20 heavy (non-hydrogen) atoms. The first-order chi connectivity index (χ1) is 8.99. The smallest absolute Gasteiger partial charge is 0.309 e. The van der Waals surface area contributed by atoms with Gasteiger partial charge in [0.05, 0.1) is 12.5 Å². The zero-order valence-electron chi connectivity index (χ0n) is 11.7. The van der Waals surface area contributed by atoms with Crippen LogP contribution >= 0.6 is 0 Å². The van der Waals surface area contributed by atoms with Gasteiger partial charge in [-0.1, -0.05) is 0 Å². The summed E-state index contributed by atoms with van der Waals surface area (Å²) >= 11 is 0. The Hall–Kier alpha value is -1.63. The third kappa shape index (κ3) is 3.47. The molecule has 5 nitrogen and oxygen atoms in total. The molecule has 0 radical (unpaired) electrons. The summed E-state index contributed by atoms with van der Waals surface area (Å²) in [7, 11) is -2.42. The summed E-state index contributed by atoms with van der Waals surface area (Å²) in [4.78, 5) is 10.9. The fourth-order valence-electron chi connectivity index (χ4n) is 1.81. The van der Waals surface area contributed by atoms with Gasteiger partial charge in [0.1, 0.15) is 16.5 Å². The lowest BCUT2D eigenvalue weighted by Crippen LogP contribution is -2.26. The lowest BCUT2D eigenvalue weighted by Gasteiger charge is -2.21. The topological polar surface area (TPSA) is 80.7 Å². The van der Waals surface area contributed by atoms with Crippen LogP contribution in [0.5, 0.6) is 5.75 Å². The highest BCUT2D eigenvalue weighted by Crippen LogP contribution is 2.34. The number of sulfone groups is 1. The van der Waals surface area contributed by atoms with Gasteiger partial charge in [-0.15, -0.1) is 0 Å². The largest absolute Gasteiger partial charge is 0.495 e. The number of methoxy groups -OCH3 is 1. The quantitative estimate of drug-likeness (QED) is 0.898. The lowest BCUT2D eigenvalue weighted by atomic mass is 9.85. The van der Waals surface area contributed by atoms with E-state index in [0.717, 1.165) is 18.4 Å². The van der Waals surface area contributed by atoms with Crippen molar-refractivity contribution in [3.63, 3.8) is 0 Å². The predicted octanol–water partition coefficient (Wildman–Crippen LogP) is 1.89. The monoisotopic (exact) mass is 304 g/mol. The molecular formula is C13H17FO5S. The van der Waals surface area contributed by atoms with E-state index in [0.29, 0.717) is 0 Å². The average Bonchev–Trinajstić information content (AvgIpc) is 2.26. The Labute approximate surface area is 117 Å². The van der Waals surface area contributed by atoms with E-state index in [-0.39, 0.29) is 22.6 Å². The van der Waals surface area contributed by atoms with E-state index in [1.54, 1.807) is 0 Å². The number of carboxylic acids is 1. The number of rotatable bonds is 5. The van der Waals surface area contributed by atoms with Gasteiger partial charge in [-0.25, -0.2) is 12.8 Å². The number of carboxylic acid groups (broad SMARTS) is 1. The van der Waals surface area contributed by atoms with Gasteiger partial charge in [-0.2, -0.15) is 0 Å². The fourth-order valence-corrected chi connectivity index (χ4v) is 2.69. The fraction of sp³-hybridized carbons (Fsp3) is 0.462. The zero-order chi connectivity index (χ0) is 15.7. The molecule has 0 aliphatic heterocycles. The number of aliphatic carboxylic acids is 1. The Morgan fingerprint density at radius 3 is 2.35 bits per heavy atom. The number of hydrogen-bond acceptors (Lipinski definition) is 4. The number of carbonyl (C=O) groups is 1. The van der Waals surface area contributed by atoms with Crippen molar-refractivity contribution in [1.82, 2.24) is 0 Å². The number of hydrogen-bond donors (Lipinski definition) is 1. The van der Waals surface area contributed by atoms with Crippen LogP contribution in [-0.2, 0) is 21.1 Å². The van der Waals surface area contributed by atoms with Crippen molar-refractivity contribution in [2.24, 2.45) is 5.41 Å². The summed E-state index contributed by atoms with van der Waals surface area (Å²) in [6.45, 7) is 2.94. The summed E-state index contributed by atoms with van der Waals surface area (Å²) in [5, 5.41) is 9.11. The number of benzene rings is 1. The van der Waals surface area contributed by atoms with Gasteiger partial charge < -0.3 is 9.84 Å².